The molecule has 0 amide bonds. The van der Waals surface area contributed by atoms with Crippen LogP contribution >= 0.6 is 0 Å². The summed E-state index contributed by atoms with van der Waals surface area (Å²) in [7, 11) is 1.30. The number of nitrogens with one attached hydrogen (secondary N) is 1. The molecule has 0 unspecified atom stereocenters. The van der Waals surface area contributed by atoms with Crippen LogP contribution in [0.2, 0.25) is 0 Å². The van der Waals surface area contributed by atoms with Gasteiger partial charge in [0, 0.05) is 37.2 Å². The number of ether oxygens (including phenoxy) is 1. The Balaban J connectivity index is 1.77. The number of benzene rings is 1. The number of alkyl halides is 2. The van der Waals surface area contributed by atoms with Gasteiger partial charge in [-0.25, -0.2) is 23.5 Å². The molecule has 4 rings (SSSR count). The number of esters is 1. The molecule has 1 atom stereocenters. The zero-order chi connectivity index (χ0) is 25.3. The minimum Gasteiger partial charge on any atom is -0.464 e. The molecule has 3 heterocycles. The van der Waals surface area contributed by atoms with E-state index in [-0.39, 0.29) is 43.5 Å². The molecule has 0 spiro atoms. The van der Waals surface area contributed by atoms with Gasteiger partial charge in [-0.2, -0.15) is 0 Å². The van der Waals surface area contributed by atoms with Crippen molar-refractivity contribution in [1.82, 2.24) is 15.0 Å². The van der Waals surface area contributed by atoms with Crippen LogP contribution in [0.15, 0.2) is 24.3 Å². The van der Waals surface area contributed by atoms with Crippen LogP contribution in [0.1, 0.15) is 53.1 Å². The number of carbonyl (C=O) groups is 1. The van der Waals surface area contributed by atoms with E-state index in [0.29, 0.717) is 28.2 Å². The van der Waals surface area contributed by atoms with E-state index < -0.39 is 11.9 Å². The van der Waals surface area contributed by atoms with Crippen LogP contribution < -0.4 is 10.2 Å². The molecule has 3 aromatic rings. The molecule has 35 heavy (non-hydrogen) atoms. The molecule has 2 aromatic heterocycles. The lowest BCUT2D eigenvalue weighted by Gasteiger charge is -2.33. The predicted octanol–water partition coefficient (Wildman–Crippen LogP) is 5.39. The van der Waals surface area contributed by atoms with E-state index in [1.807, 2.05) is 26.0 Å². The van der Waals surface area contributed by atoms with Gasteiger partial charge in [0.25, 0.3) is 5.92 Å². The number of hydrogen-bond acceptors (Lipinski definition) is 7. The van der Waals surface area contributed by atoms with Gasteiger partial charge in [-0.15, -0.1) is 4.98 Å². The van der Waals surface area contributed by atoms with Crippen molar-refractivity contribution in [1.29, 1.82) is 0 Å². The molecule has 1 fully saturated rings. The fourth-order valence-electron chi connectivity index (χ4n) is 4.21. The molecule has 1 N–H and O–H groups in total. The molecule has 1 aromatic carbocycles. The third-order valence-corrected chi connectivity index (χ3v) is 6.06. The van der Waals surface area contributed by atoms with Crippen LogP contribution in [0.4, 0.5) is 26.1 Å². The summed E-state index contributed by atoms with van der Waals surface area (Å²) in [5.41, 5.74) is 4.19. The summed E-state index contributed by atoms with van der Waals surface area (Å²) in [6, 6.07) is 7.04. The number of piperidine rings is 1. The highest BCUT2D eigenvalue weighted by molar-refractivity contribution is 5.93. The van der Waals surface area contributed by atoms with Crippen molar-refractivity contribution in [2.45, 2.75) is 45.6 Å². The number of aryl methyl sites for hydroxylation is 2. The van der Waals surface area contributed by atoms with E-state index in [2.05, 4.69) is 20.1 Å². The summed E-state index contributed by atoms with van der Waals surface area (Å²) in [5.74, 6) is -2.86. The first kappa shape index (κ1) is 24.3. The quantitative estimate of drug-likeness (QED) is 0.387. The van der Waals surface area contributed by atoms with Crippen molar-refractivity contribution >= 4 is 34.3 Å². The standard InChI is InChI=1S/C25H26F2N6O2/c1-14-12-17(16(3)30-18-7-6-15(2)29-21(18)24(34)35-5)20-19(13-14)31-22(28-4)23(32-20)33-10-8-25(26,27)9-11-33/h6-7,12-13,16,30H,8-11H2,1-3,5H3/t16-/m1/s1. The second kappa shape index (κ2) is 9.41. The Morgan fingerprint density at radius 2 is 1.91 bits per heavy atom. The SMILES string of the molecule is [C-]#[N+]c1nc2cc(C)cc([C@@H](C)Nc3ccc(C)nc3C(=O)OC)c2nc1N1CCC(F)(F)CC1. The number of nitrogens with zero attached hydrogens (tertiary/aromatic N) is 5. The monoisotopic (exact) mass is 480 g/mol. The minimum atomic E-state index is -2.71. The number of halogens is 2. The highest BCUT2D eigenvalue weighted by Crippen LogP contribution is 2.36. The molecule has 1 saturated heterocycles. The highest BCUT2D eigenvalue weighted by Gasteiger charge is 2.35. The average molecular weight is 481 g/mol. The molecule has 1 aliphatic heterocycles. The number of fused-ring (bicyclic) bond motifs is 1. The largest absolute Gasteiger partial charge is 0.464 e. The Bertz CT molecular complexity index is 1330. The highest BCUT2D eigenvalue weighted by atomic mass is 19.3. The number of anilines is 2. The van der Waals surface area contributed by atoms with Gasteiger partial charge in [0.2, 0.25) is 0 Å². The summed E-state index contributed by atoms with van der Waals surface area (Å²) in [5, 5.41) is 3.32. The van der Waals surface area contributed by atoms with E-state index in [0.717, 1.165) is 11.1 Å². The number of hydrogen-bond donors (Lipinski definition) is 1. The van der Waals surface area contributed by atoms with Crippen LogP contribution in [-0.4, -0.2) is 47.0 Å². The lowest BCUT2D eigenvalue weighted by Crippen LogP contribution is -2.39. The van der Waals surface area contributed by atoms with E-state index in [1.165, 1.54) is 7.11 Å². The van der Waals surface area contributed by atoms with E-state index in [1.54, 1.807) is 24.0 Å². The molecule has 0 bridgehead atoms. The Labute approximate surface area is 202 Å². The van der Waals surface area contributed by atoms with Gasteiger partial charge in [-0.05, 0) is 44.5 Å². The predicted molar refractivity (Wildman–Crippen MR) is 129 cm³/mol. The second-order valence-electron chi connectivity index (χ2n) is 8.75. The van der Waals surface area contributed by atoms with Crippen LogP contribution in [-0.2, 0) is 4.74 Å². The summed E-state index contributed by atoms with van der Waals surface area (Å²) in [6.07, 6.45) is -0.584. The molecular weight excluding hydrogens is 454 g/mol. The van der Waals surface area contributed by atoms with Crippen molar-refractivity contribution in [3.63, 3.8) is 0 Å². The molecule has 1 aliphatic rings. The first-order valence-corrected chi connectivity index (χ1v) is 11.3. The minimum absolute atomic E-state index is 0.0931. The van der Waals surface area contributed by atoms with E-state index >= 15 is 0 Å². The Kier molecular flexibility index (Phi) is 6.52. The van der Waals surface area contributed by atoms with Crippen molar-refractivity contribution in [2.24, 2.45) is 0 Å². The van der Waals surface area contributed by atoms with Crippen LogP contribution in [0.25, 0.3) is 15.9 Å². The van der Waals surface area contributed by atoms with Crippen molar-refractivity contribution in [3.8, 4) is 0 Å². The Morgan fingerprint density at radius 1 is 1.20 bits per heavy atom. The fraction of sp³-hybridized carbons (Fsp3) is 0.400. The summed E-state index contributed by atoms with van der Waals surface area (Å²) in [4.78, 5) is 31.1. The van der Waals surface area contributed by atoms with E-state index in [4.69, 9.17) is 16.3 Å². The molecule has 0 saturated carbocycles. The first-order valence-electron chi connectivity index (χ1n) is 11.3. The van der Waals surface area contributed by atoms with Gasteiger partial charge in [0.15, 0.2) is 17.0 Å². The van der Waals surface area contributed by atoms with Gasteiger partial charge in [-0.3, -0.25) is 0 Å². The lowest BCUT2D eigenvalue weighted by molar-refractivity contribution is -0.0221. The van der Waals surface area contributed by atoms with Gasteiger partial charge in [0.05, 0.1) is 18.8 Å². The van der Waals surface area contributed by atoms with Gasteiger partial charge in [-0.1, -0.05) is 12.6 Å². The maximum Gasteiger partial charge on any atom is 0.358 e. The van der Waals surface area contributed by atoms with Crippen LogP contribution in [0, 0.1) is 20.4 Å². The Morgan fingerprint density at radius 3 is 2.57 bits per heavy atom. The van der Waals surface area contributed by atoms with Crippen LogP contribution in [0.3, 0.4) is 0 Å². The summed E-state index contributed by atoms with van der Waals surface area (Å²) < 4.78 is 32.3. The Hall–Kier alpha value is -3.87. The van der Waals surface area contributed by atoms with Gasteiger partial charge in [0.1, 0.15) is 5.52 Å². The summed E-state index contributed by atoms with van der Waals surface area (Å²) >= 11 is 0. The topological polar surface area (TPSA) is 84.6 Å². The number of rotatable bonds is 5. The smallest absolute Gasteiger partial charge is 0.358 e. The first-order chi connectivity index (χ1) is 16.6. The zero-order valence-electron chi connectivity index (χ0n) is 20.0. The molecule has 182 valence electrons. The second-order valence-corrected chi connectivity index (χ2v) is 8.75. The average Bonchev–Trinajstić information content (AvgIpc) is 2.83. The number of methoxy groups -OCH3 is 1. The normalized spacial score (nSPS) is 16.0. The molecule has 10 heteroatoms. The van der Waals surface area contributed by atoms with Crippen molar-refractivity contribution in [3.05, 3.63) is 58.2 Å². The fourth-order valence-corrected chi connectivity index (χ4v) is 4.21. The third kappa shape index (κ3) is 4.99. The number of pyridine rings is 1. The van der Waals surface area contributed by atoms with Gasteiger partial charge < -0.3 is 19.8 Å². The third-order valence-electron chi connectivity index (χ3n) is 6.06. The molecule has 0 radical (unpaired) electrons. The summed E-state index contributed by atoms with van der Waals surface area (Å²) in [6.45, 7) is 13.4. The zero-order valence-corrected chi connectivity index (χ0v) is 20.0. The molecular formula is C25H26F2N6O2. The van der Waals surface area contributed by atoms with Crippen molar-refractivity contribution in [2.75, 3.05) is 30.4 Å². The van der Waals surface area contributed by atoms with Gasteiger partial charge >= 0.3 is 11.8 Å². The maximum atomic E-state index is 13.7. The molecule has 0 aliphatic carbocycles. The van der Waals surface area contributed by atoms with Crippen LogP contribution in [0.5, 0.6) is 0 Å². The molecule has 8 nitrogen and oxygen atoms in total. The number of carbonyl (C=O) groups excluding carboxylic acids is 1. The lowest BCUT2D eigenvalue weighted by atomic mass is 10.0. The number of aromatic nitrogens is 3. The maximum absolute atomic E-state index is 13.7. The van der Waals surface area contributed by atoms with Crippen molar-refractivity contribution < 1.29 is 18.3 Å². The van der Waals surface area contributed by atoms with E-state index in [9.17, 15) is 13.6 Å².